The molecule has 2 heteroatoms. The molecule has 6 rings (SSSR count). The average Bonchev–Trinajstić information content (AvgIpc) is 3.31. The van der Waals surface area contributed by atoms with Crippen LogP contribution in [0.4, 0.5) is 0 Å². The third kappa shape index (κ3) is 2.03. The smallest absolute Gasteiger partial charge is 0.139 e. The van der Waals surface area contributed by atoms with Crippen LogP contribution in [-0.4, -0.2) is 0 Å². The number of para-hydroxylation sites is 1. The quantitative estimate of drug-likeness (QED) is 0.310. The normalized spacial score (nSPS) is 15.5. The van der Waals surface area contributed by atoms with Crippen LogP contribution in [0, 0.1) is 6.92 Å². The molecule has 0 spiro atoms. The van der Waals surface area contributed by atoms with Gasteiger partial charge in [0.1, 0.15) is 22.5 Å². The Hall–Kier alpha value is -3.26. The Bertz CT molecular complexity index is 1440. The van der Waals surface area contributed by atoms with Crippen molar-refractivity contribution >= 4 is 38.5 Å². The molecule has 1 aliphatic rings. The third-order valence-corrected chi connectivity index (χ3v) is 5.93. The molecule has 0 N–H and O–H groups in total. The number of benzene rings is 3. The fourth-order valence-corrected chi connectivity index (χ4v) is 4.65. The van der Waals surface area contributed by atoms with Gasteiger partial charge >= 0.3 is 0 Å². The van der Waals surface area contributed by atoms with E-state index in [2.05, 4.69) is 81.4 Å². The highest BCUT2D eigenvalue weighted by Gasteiger charge is 2.36. The van der Waals surface area contributed by atoms with E-state index < -0.39 is 0 Å². The van der Waals surface area contributed by atoms with E-state index in [0.717, 1.165) is 27.9 Å². The lowest BCUT2D eigenvalue weighted by atomic mass is 9.87. The van der Waals surface area contributed by atoms with Crippen molar-refractivity contribution in [3.63, 3.8) is 0 Å². The predicted octanol–water partition coefficient (Wildman–Crippen LogP) is 7.36. The zero-order valence-corrected chi connectivity index (χ0v) is 16.2. The zero-order chi connectivity index (χ0) is 19.0. The van der Waals surface area contributed by atoms with Gasteiger partial charge in [-0.1, -0.05) is 55.8 Å². The van der Waals surface area contributed by atoms with Crippen molar-refractivity contribution in [1.82, 2.24) is 0 Å². The first-order valence-corrected chi connectivity index (χ1v) is 9.70. The predicted molar refractivity (Wildman–Crippen MR) is 115 cm³/mol. The first-order chi connectivity index (χ1) is 13.5. The number of allylic oxidation sites excluding steroid dienone is 1. The molecule has 0 bridgehead atoms. The van der Waals surface area contributed by atoms with Gasteiger partial charge in [-0.2, -0.15) is 0 Å². The molecule has 0 aliphatic heterocycles. The summed E-state index contributed by atoms with van der Waals surface area (Å²) in [6.07, 6.45) is 2.34. The second-order valence-corrected chi connectivity index (χ2v) is 8.39. The molecule has 3 aromatic carbocycles. The van der Waals surface area contributed by atoms with Crippen molar-refractivity contribution in [1.29, 1.82) is 0 Å². The standard InChI is InChI=1S/C26H20O2/c1-15-8-10-22-18(12-15)19-13-16(9-11-23(19)27-22)20-14-26(2,3)24-17-6-4-5-7-21(17)28-25(20)24/h4-14H,1-3H3. The van der Waals surface area contributed by atoms with Crippen molar-refractivity contribution in [3.8, 4) is 0 Å². The molecule has 0 atom stereocenters. The van der Waals surface area contributed by atoms with Crippen LogP contribution in [0.25, 0.3) is 38.5 Å². The van der Waals surface area contributed by atoms with E-state index >= 15 is 0 Å². The Morgan fingerprint density at radius 2 is 1.43 bits per heavy atom. The van der Waals surface area contributed by atoms with E-state index in [1.807, 2.05) is 6.07 Å². The molecule has 136 valence electrons. The summed E-state index contributed by atoms with van der Waals surface area (Å²) in [5, 5.41) is 3.53. The highest BCUT2D eigenvalue weighted by Crippen LogP contribution is 2.48. The van der Waals surface area contributed by atoms with E-state index in [1.54, 1.807) is 0 Å². The van der Waals surface area contributed by atoms with Gasteiger partial charge in [0.05, 0.1) is 0 Å². The fraction of sp³-hybridized carbons (Fsp3) is 0.154. The Labute approximate surface area is 163 Å². The summed E-state index contributed by atoms with van der Waals surface area (Å²) in [6, 6.07) is 21.1. The lowest BCUT2D eigenvalue weighted by Gasteiger charge is -2.15. The van der Waals surface area contributed by atoms with Crippen LogP contribution in [0.15, 0.2) is 75.6 Å². The van der Waals surface area contributed by atoms with Gasteiger partial charge in [-0.25, -0.2) is 0 Å². The monoisotopic (exact) mass is 364 g/mol. The number of hydrogen-bond acceptors (Lipinski definition) is 2. The van der Waals surface area contributed by atoms with Crippen molar-refractivity contribution in [2.24, 2.45) is 0 Å². The van der Waals surface area contributed by atoms with Crippen LogP contribution < -0.4 is 0 Å². The van der Waals surface area contributed by atoms with Crippen molar-refractivity contribution in [3.05, 3.63) is 89.2 Å². The largest absolute Gasteiger partial charge is 0.456 e. The highest BCUT2D eigenvalue weighted by molar-refractivity contribution is 6.07. The first kappa shape index (κ1) is 15.8. The molecule has 2 heterocycles. The van der Waals surface area contributed by atoms with E-state index in [-0.39, 0.29) is 5.41 Å². The van der Waals surface area contributed by atoms with Crippen LogP contribution in [-0.2, 0) is 5.41 Å². The van der Waals surface area contributed by atoms with E-state index in [1.165, 1.54) is 33.0 Å². The molecule has 0 radical (unpaired) electrons. The molecular weight excluding hydrogens is 344 g/mol. The van der Waals surface area contributed by atoms with Crippen LogP contribution in [0.5, 0.6) is 0 Å². The molecule has 0 saturated heterocycles. The van der Waals surface area contributed by atoms with Gasteiger partial charge in [-0.3, -0.25) is 0 Å². The van der Waals surface area contributed by atoms with Gasteiger partial charge in [0.25, 0.3) is 0 Å². The lowest BCUT2D eigenvalue weighted by Crippen LogP contribution is -2.09. The Kier molecular flexibility index (Phi) is 2.91. The topological polar surface area (TPSA) is 26.3 Å². The molecule has 0 fully saturated rings. The summed E-state index contributed by atoms with van der Waals surface area (Å²) in [5.74, 6) is 0.995. The number of hydrogen-bond donors (Lipinski definition) is 0. The van der Waals surface area contributed by atoms with Crippen molar-refractivity contribution in [2.45, 2.75) is 26.2 Å². The highest BCUT2D eigenvalue weighted by atomic mass is 16.3. The van der Waals surface area contributed by atoms with Gasteiger partial charge in [0.2, 0.25) is 0 Å². The number of furan rings is 2. The van der Waals surface area contributed by atoms with Crippen molar-refractivity contribution < 1.29 is 8.83 Å². The summed E-state index contributed by atoms with van der Waals surface area (Å²) >= 11 is 0. The molecule has 1 aliphatic carbocycles. The van der Waals surface area contributed by atoms with Gasteiger partial charge in [0, 0.05) is 32.7 Å². The van der Waals surface area contributed by atoms with Gasteiger partial charge in [0.15, 0.2) is 0 Å². The van der Waals surface area contributed by atoms with Gasteiger partial charge < -0.3 is 8.83 Å². The van der Waals surface area contributed by atoms with Crippen LogP contribution in [0.1, 0.15) is 36.3 Å². The Balaban J connectivity index is 1.62. The second kappa shape index (κ2) is 5.17. The maximum absolute atomic E-state index is 6.32. The molecule has 0 unspecified atom stereocenters. The summed E-state index contributed by atoms with van der Waals surface area (Å²) in [4.78, 5) is 0. The van der Waals surface area contributed by atoms with E-state index in [4.69, 9.17) is 8.83 Å². The fourth-order valence-electron chi connectivity index (χ4n) is 4.65. The number of fused-ring (bicyclic) bond motifs is 6. The van der Waals surface area contributed by atoms with Crippen LogP contribution in [0.2, 0.25) is 0 Å². The zero-order valence-electron chi connectivity index (χ0n) is 16.2. The average molecular weight is 364 g/mol. The summed E-state index contributed by atoms with van der Waals surface area (Å²) in [7, 11) is 0. The van der Waals surface area contributed by atoms with E-state index in [0.29, 0.717) is 0 Å². The number of aryl methyl sites for hydroxylation is 1. The number of rotatable bonds is 1. The van der Waals surface area contributed by atoms with E-state index in [9.17, 15) is 0 Å². The molecule has 2 nitrogen and oxygen atoms in total. The Morgan fingerprint density at radius 1 is 0.714 bits per heavy atom. The maximum atomic E-state index is 6.32. The SMILES string of the molecule is Cc1ccc2oc3ccc(C4=CC(C)(C)c5c4oc4ccccc54)cc3c2c1. The second-order valence-electron chi connectivity index (χ2n) is 8.39. The Morgan fingerprint density at radius 3 is 2.29 bits per heavy atom. The van der Waals surface area contributed by atoms with Crippen LogP contribution >= 0.6 is 0 Å². The summed E-state index contributed by atoms with van der Waals surface area (Å²) in [5.41, 5.74) is 7.60. The molecule has 2 aromatic heterocycles. The molecule has 5 aromatic rings. The lowest BCUT2D eigenvalue weighted by molar-refractivity contribution is 0.588. The minimum absolute atomic E-state index is 0.0682. The minimum atomic E-state index is -0.0682. The first-order valence-electron chi connectivity index (χ1n) is 9.70. The van der Waals surface area contributed by atoms with Crippen molar-refractivity contribution in [2.75, 3.05) is 0 Å². The maximum Gasteiger partial charge on any atom is 0.139 e. The third-order valence-electron chi connectivity index (χ3n) is 5.93. The van der Waals surface area contributed by atoms with Gasteiger partial charge in [-0.15, -0.1) is 0 Å². The van der Waals surface area contributed by atoms with Crippen LogP contribution in [0.3, 0.4) is 0 Å². The molecule has 0 amide bonds. The molecular formula is C26H20O2. The summed E-state index contributed by atoms with van der Waals surface area (Å²) < 4.78 is 12.4. The van der Waals surface area contributed by atoms with Gasteiger partial charge in [-0.05, 0) is 42.8 Å². The minimum Gasteiger partial charge on any atom is -0.456 e. The molecule has 0 saturated carbocycles. The molecule has 28 heavy (non-hydrogen) atoms. The summed E-state index contributed by atoms with van der Waals surface area (Å²) in [6.45, 7) is 6.64.